The van der Waals surface area contributed by atoms with Crippen molar-refractivity contribution in [2.75, 3.05) is 10.6 Å². The number of anilines is 2. The Morgan fingerprint density at radius 2 is 1.46 bits per heavy atom. The summed E-state index contributed by atoms with van der Waals surface area (Å²) in [4.78, 5) is 49.8. The van der Waals surface area contributed by atoms with E-state index >= 15 is 0 Å². The maximum Gasteiger partial charge on any atom is 0.412 e. The summed E-state index contributed by atoms with van der Waals surface area (Å²) in [6.07, 6.45) is -2.42. The topological polar surface area (TPSA) is 141 Å². The molecule has 212 valence electrons. The fourth-order valence-corrected chi connectivity index (χ4v) is 4.13. The first-order valence-electron chi connectivity index (χ1n) is 12.8. The first-order valence-corrected chi connectivity index (χ1v) is 12.8. The smallest absolute Gasteiger partial charge is 0.412 e. The Labute approximate surface area is 235 Å². The van der Waals surface area contributed by atoms with Crippen LogP contribution in [0.2, 0.25) is 0 Å². The first-order chi connectivity index (χ1) is 19.6. The lowest BCUT2D eigenvalue weighted by atomic mass is 10.1. The highest BCUT2D eigenvalue weighted by Gasteiger charge is 2.22. The number of carboxylic acid groups (broad SMARTS) is 1. The molecule has 0 saturated heterocycles. The van der Waals surface area contributed by atoms with Crippen LogP contribution in [0, 0.1) is 0 Å². The van der Waals surface area contributed by atoms with E-state index in [1.54, 1.807) is 74.2 Å². The zero-order valence-corrected chi connectivity index (χ0v) is 23.0. The molecule has 11 heteroatoms. The van der Waals surface area contributed by atoms with Crippen molar-refractivity contribution in [2.24, 2.45) is 14.1 Å². The average molecular weight is 559 g/mol. The summed E-state index contributed by atoms with van der Waals surface area (Å²) in [5, 5.41) is 14.5. The van der Waals surface area contributed by atoms with Crippen molar-refractivity contribution in [1.29, 1.82) is 0 Å². The van der Waals surface area contributed by atoms with Gasteiger partial charge in [0.1, 0.15) is 17.5 Å². The molecule has 1 heterocycles. The van der Waals surface area contributed by atoms with Crippen LogP contribution in [-0.4, -0.2) is 38.5 Å². The number of hydrogen-bond donors (Lipinski definition) is 3. The van der Waals surface area contributed by atoms with E-state index in [1.807, 2.05) is 30.3 Å². The molecule has 3 aromatic carbocycles. The Balaban J connectivity index is 1.53. The monoisotopic (exact) mass is 558 g/mol. The van der Waals surface area contributed by atoms with Crippen molar-refractivity contribution < 1.29 is 29.0 Å². The van der Waals surface area contributed by atoms with Crippen LogP contribution in [0.4, 0.5) is 16.2 Å². The molecule has 3 N–H and O–H groups in total. The van der Waals surface area contributed by atoms with E-state index in [2.05, 4.69) is 10.6 Å². The average Bonchev–Trinajstić information content (AvgIpc) is 3.17. The lowest BCUT2D eigenvalue weighted by molar-refractivity contribution is -0.144. The molecule has 2 atom stereocenters. The van der Waals surface area contributed by atoms with Crippen molar-refractivity contribution in [3.8, 4) is 17.0 Å². The third-order valence-electron chi connectivity index (χ3n) is 6.51. The summed E-state index contributed by atoms with van der Waals surface area (Å²) in [5.74, 6) is -1.37. The molecule has 0 saturated carbocycles. The molecule has 0 aliphatic carbocycles. The molecular formula is C30H30N4O7. The highest BCUT2D eigenvalue weighted by molar-refractivity contribution is 6.05. The second kappa shape index (κ2) is 12.2. The number of nitrogens with zero attached hydrogens (tertiary/aromatic N) is 2. The molecule has 0 radical (unpaired) electrons. The number of hydrogen-bond acceptors (Lipinski definition) is 6. The van der Waals surface area contributed by atoms with E-state index in [4.69, 9.17) is 14.6 Å². The molecule has 0 fully saturated rings. The molecule has 41 heavy (non-hydrogen) atoms. The van der Waals surface area contributed by atoms with E-state index in [0.717, 1.165) is 5.56 Å². The minimum absolute atomic E-state index is 0.0380. The highest BCUT2D eigenvalue weighted by atomic mass is 16.6. The summed E-state index contributed by atoms with van der Waals surface area (Å²) < 4.78 is 13.9. The lowest BCUT2D eigenvalue weighted by Gasteiger charge is -2.15. The molecule has 11 nitrogen and oxygen atoms in total. The molecule has 2 amide bonds. The molecular weight excluding hydrogens is 528 g/mol. The molecule has 2 unspecified atom stereocenters. The van der Waals surface area contributed by atoms with Crippen LogP contribution in [0.5, 0.6) is 5.75 Å². The standard InChI is InChI=1S/C30H30N4O7/c1-18(20-10-6-5-7-11-20)41-30(39)32-25-26(33(3)34(4)28(25)36)21-14-16-22(17-15-21)27(35)31-23-12-8-9-13-24(23)40-19(2)29(37)38/h5-19H,1-4H3,(H,31,35)(H,32,39)(H,37,38). The third kappa shape index (κ3) is 6.47. The second-order valence-corrected chi connectivity index (χ2v) is 9.29. The van der Waals surface area contributed by atoms with Gasteiger partial charge in [0.05, 0.1) is 11.4 Å². The minimum Gasteiger partial charge on any atom is -0.479 e. The highest BCUT2D eigenvalue weighted by Crippen LogP contribution is 2.28. The van der Waals surface area contributed by atoms with Crippen LogP contribution in [0.1, 0.15) is 35.9 Å². The normalized spacial score (nSPS) is 12.2. The first kappa shape index (κ1) is 28.7. The number of aromatic nitrogens is 2. The summed E-state index contributed by atoms with van der Waals surface area (Å²) in [6, 6.07) is 22.2. The number of nitrogens with one attached hydrogen (secondary N) is 2. The third-order valence-corrected chi connectivity index (χ3v) is 6.51. The van der Waals surface area contributed by atoms with Gasteiger partial charge in [0.2, 0.25) is 0 Å². The largest absolute Gasteiger partial charge is 0.479 e. The van der Waals surface area contributed by atoms with Gasteiger partial charge in [-0.1, -0.05) is 54.6 Å². The predicted octanol–water partition coefficient (Wildman–Crippen LogP) is 4.80. The summed E-state index contributed by atoms with van der Waals surface area (Å²) in [6.45, 7) is 3.13. The van der Waals surface area contributed by atoms with E-state index < -0.39 is 35.7 Å². The fraction of sp³-hybridized carbons (Fsp3) is 0.200. The number of carboxylic acids is 1. The van der Waals surface area contributed by atoms with Crippen LogP contribution in [0.25, 0.3) is 11.3 Å². The number of amides is 2. The van der Waals surface area contributed by atoms with Crippen molar-refractivity contribution in [3.05, 3.63) is 100 Å². The number of carbonyl (C=O) groups excluding carboxylic acids is 2. The van der Waals surface area contributed by atoms with Gasteiger partial charge in [-0.05, 0) is 43.7 Å². The number of carbonyl (C=O) groups is 3. The Kier molecular flexibility index (Phi) is 8.57. The quantitative estimate of drug-likeness (QED) is 0.268. The Hall–Kier alpha value is -5.32. The van der Waals surface area contributed by atoms with Crippen LogP contribution in [-0.2, 0) is 23.6 Å². The van der Waals surface area contributed by atoms with Crippen molar-refractivity contribution in [2.45, 2.75) is 26.1 Å². The van der Waals surface area contributed by atoms with Gasteiger partial charge in [0, 0.05) is 25.2 Å². The van der Waals surface area contributed by atoms with E-state index in [9.17, 15) is 19.2 Å². The maximum atomic E-state index is 13.0. The van der Waals surface area contributed by atoms with Crippen molar-refractivity contribution >= 4 is 29.3 Å². The van der Waals surface area contributed by atoms with Gasteiger partial charge < -0.3 is 19.9 Å². The van der Waals surface area contributed by atoms with Crippen molar-refractivity contribution in [1.82, 2.24) is 9.36 Å². The molecule has 0 aliphatic heterocycles. The zero-order valence-electron chi connectivity index (χ0n) is 23.0. The molecule has 1 aromatic heterocycles. The molecule has 0 bridgehead atoms. The number of benzene rings is 3. The predicted molar refractivity (Wildman–Crippen MR) is 153 cm³/mol. The number of aliphatic carboxylic acids is 1. The van der Waals surface area contributed by atoms with Gasteiger partial charge in [-0.15, -0.1) is 0 Å². The molecule has 0 spiro atoms. The van der Waals surface area contributed by atoms with Crippen LogP contribution in [0.3, 0.4) is 0 Å². The minimum atomic E-state index is -1.13. The van der Waals surface area contributed by atoms with Gasteiger partial charge in [-0.2, -0.15) is 0 Å². The van der Waals surface area contributed by atoms with Gasteiger partial charge in [-0.25, -0.2) is 9.59 Å². The molecule has 0 aliphatic rings. The van der Waals surface area contributed by atoms with Gasteiger partial charge in [0.25, 0.3) is 11.5 Å². The van der Waals surface area contributed by atoms with Gasteiger partial charge in [0.15, 0.2) is 6.10 Å². The van der Waals surface area contributed by atoms with Crippen LogP contribution < -0.4 is 20.9 Å². The fourth-order valence-electron chi connectivity index (χ4n) is 4.13. The summed E-state index contributed by atoms with van der Waals surface area (Å²) in [5.41, 5.74) is 2.04. The van der Waals surface area contributed by atoms with Gasteiger partial charge >= 0.3 is 12.1 Å². The zero-order chi connectivity index (χ0) is 29.7. The maximum absolute atomic E-state index is 13.0. The van der Waals surface area contributed by atoms with Crippen LogP contribution >= 0.6 is 0 Å². The second-order valence-electron chi connectivity index (χ2n) is 9.29. The summed E-state index contributed by atoms with van der Waals surface area (Å²) in [7, 11) is 3.25. The van der Waals surface area contributed by atoms with Crippen LogP contribution in [0.15, 0.2) is 83.7 Å². The number of rotatable bonds is 9. The van der Waals surface area contributed by atoms with Gasteiger partial charge in [-0.3, -0.25) is 24.3 Å². The number of ether oxygens (including phenoxy) is 2. The Morgan fingerprint density at radius 3 is 2.12 bits per heavy atom. The molecule has 4 rings (SSSR count). The number of para-hydroxylation sites is 2. The Bertz CT molecular complexity index is 1630. The lowest BCUT2D eigenvalue weighted by Crippen LogP contribution is -2.23. The Morgan fingerprint density at radius 1 is 0.829 bits per heavy atom. The molecule has 4 aromatic rings. The van der Waals surface area contributed by atoms with E-state index in [1.165, 1.54) is 11.6 Å². The summed E-state index contributed by atoms with van der Waals surface area (Å²) >= 11 is 0. The van der Waals surface area contributed by atoms with E-state index in [-0.39, 0.29) is 11.4 Å². The SMILES string of the molecule is CC(Oc1ccccc1NC(=O)c1ccc(-c2c(NC(=O)OC(C)c3ccccc3)c(=O)n(C)n2C)cc1)C(=O)O. The van der Waals surface area contributed by atoms with E-state index in [0.29, 0.717) is 22.5 Å². The van der Waals surface area contributed by atoms with Crippen molar-refractivity contribution in [3.63, 3.8) is 0 Å².